The Balaban J connectivity index is 1.38. The van der Waals surface area contributed by atoms with Crippen LogP contribution in [0.2, 0.25) is 0 Å². The summed E-state index contributed by atoms with van der Waals surface area (Å²) < 4.78 is 13.9. The Kier molecular flexibility index (Phi) is 5.19. The van der Waals surface area contributed by atoms with Crippen LogP contribution in [-0.4, -0.2) is 71.2 Å². The number of rotatable bonds is 6. The lowest BCUT2D eigenvalue weighted by Gasteiger charge is -2.41. The molecule has 0 unspecified atom stereocenters. The normalized spacial score (nSPS) is 22.9. The summed E-state index contributed by atoms with van der Waals surface area (Å²) in [5, 5.41) is 8.33. The zero-order chi connectivity index (χ0) is 17.9. The molecule has 2 aliphatic heterocycles. The zero-order valence-electron chi connectivity index (χ0n) is 15.5. The molecule has 0 saturated carbocycles. The molecule has 7 heteroatoms. The van der Waals surface area contributed by atoms with E-state index in [2.05, 4.69) is 57.1 Å². The van der Waals surface area contributed by atoms with Crippen molar-refractivity contribution in [3.05, 3.63) is 41.7 Å². The van der Waals surface area contributed by atoms with Gasteiger partial charge in [0.25, 0.3) is 0 Å². The molecular weight excluding hydrogens is 330 g/mol. The first kappa shape index (κ1) is 17.5. The Labute approximate surface area is 154 Å². The highest BCUT2D eigenvalue weighted by atomic mass is 16.5. The van der Waals surface area contributed by atoms with Crippen molar-refractivity contribution in [2.24, 2.45) is 0 Å². The lowest BCUT2D eigenvalue weighted by Crippen LogP contribution is -2.47. The minimum absolute atomic E-state index is 0.251. The molecule has 2 aromatic rings. The Morgan fingerprint density at radius 1 is 1.35 bits per heavy atom. The summed E-state index contributed by atoms with van der Waals surface area (Å²) in [5.74, 6) is 0.943. The lowest BCUT2D eigenvalue weighted by atomic mass is 10.00. The van der Waals surface area contributed by atoms with Gasteiger partial charge in [0, 0.05) is 26.2 Å². The first-order valence-electron chi connectivity index (χ1n) is 9.28. The minimum Gasteiger partial charge on any atom is -0.492 e. The zero-order valence-corrected chi connectivity index (χ0v) is 15.5. The molecule has 2 aliphatic rings. The van der Waals surface area contributed by atoms with Crippen molar-refractivity contribution < 1.29 is 9.47 Å². The van der Waals surface area contributed by atoms with Gasteiger partial charge in [0.05, 0.1) is 30.6 Å². The highest BCUT2D eigenvalue weighted by Crippen LogP contribution is 2.30. The minimum atomic E-state index is 0.251. The third kappa shape index (κ3) is 3.90. The summed E-state index contributed by atoms with van der Waals surface area (Å²) in [6.45, 7) is 5.14. The quantitative estimate of drug-likeness (QED) is 0.782. The number of ether oxygens (including phenoxy) is 2. The predicted octanol–water partition coefficient (Wildman–Crippen LogP) is 1.56. The molecule has 140 valence electrons. The Hall–Kier alpha value is -1.96. The average Bonchev–Trinajstić information content (AvgIpc) is 3.11. The maximum absolute atomic E-state index is 6.00. The molecule has 0 radical (unpaired) electrons. The molecule has 0 N–H and O–H groups in total. The van der Waals surface area contributed by atoms with Gasteiger partial charge in [-0.25, -0.2) is 4.68 Å². The van der Waals surface area contributed by atoms with E-state index in [4.69, 9.17) is 9.47 Å². The summed E-state index contributed by atoms with van der Waals surface area (Å²) in [4.78, 5) is 4.60. The number of likely N-dealkylation sites (N-methyl/N-ethyl adjacent to an activating group) is 1. The van der Waals surface area contributed by atoms with Gasteiger partial charge in [-0.1, -0.05) is 17.3 Å². The number of nitrogens with zero attached hydrogens (tertiary/aromatic N) is 5. The van der Waals surface area contributed by atoms with Crippen LogP contribution in [0.5, 0.6) is 5.75 Å². The van der Waals surface area contributed by atoms with Crippen LogP contribution in [-0.2, 0) is 17.9 Å². The molecule has 1 aromatic carbocycles. The number of likely N-dealkylation sites (tertiary alicyclic amines) is 1. The maximum Gasteiger partial charge on any atom is 0.119 e. The summed E-state index contributed by atoms with van der Waals surface area (Å²) in [5.41, 5.74) is 2.35. The van der Waals surface area contributed by atoms with Crippen LogP contribution in [0, 0.1) is 0 Å². The van der Waals surface area contributed by atoms with Crippen LogP contribution in [0.1, 0.15) is 23.7 Å². The highest BCUT2D eigenvalue weighted by molar-refractivity contribution is 5.28. The molecule has 0 aliphatic carbocycles. The largest absolute Gasteiger partial charge is 0.492 e. The van der Waals surface area contributed by atoms with Gasteiger partial charge >= 0.3 is 0 Å². The van der Waals surface area contributed by atoms with E-state index in [9.17, 15) is 0 Å². The van der Waals surface area contributed by atoms with Gasteiger partial charge in [-0.15, -0.1) is 5.10 Å². The van der Waals surface area contributed by atoms with E-state index in [1.54, 1.807) is 0 Å². The highest BCUT2D eigenvalue weighted by Gasteiger charge is 2.36. The van der Waals surface area contributed by atoms with E-state index in [-0.39, 0.29) is 12.1 Å². The van der Waals surface area contributed by atoms with Crippen LogP contribution in [0.25, 0.3) is 0 Å². The molecule has 7 nitrogen and oxygen atoms in total. The van der Waals surface area contributed by atoms with Crippen LogP contribution < -0.4 is 4.74 Å². The van der Waals surface area contributed by atoms with Crippen molar-refractivity contribution in [1.29, 1.82) is 0 Å². The van der Waals surface area contributed by atoms with Crippen molar-refractivity contribution in [3.63, 3.8) is 0 Å². The van der Waals surface area contributed by atoms with E-state index in [1.165, 1.54) is 5.56 Å². The van der Waals surface area contributed by atoms with E-state index in [0.717, 1.165) is 44.0 Å². The summed E-state index contributed by atoms with van der Waals surface area (Å²) in [7, 11) is 4.11. The SMILES string of the molecule is CN(C)CCOc1cccc(CN2CC[C@H]3OCc4cnnn4[C@H]3C2)c1. The summed E-state index contributed by atoms with van der Waals surface area (Å²) in [6.07, 6.45) is 3.09. The Morgan fingerprint density at radius 2 is 2.27 bits per heavy atom. The molecule has 0 amide bonds. The van der Waals surface area contributed by atoms with Crippen molar-refractivity contribution in [2.45, 2.75) is 31.7 Å². The molecule has 0 spiro atoms. The van der Waals surface area contributed by atoms with E-state index < -0.39 is 0 Å². The third-order valence-corrected chi connectivity index (χ3v) is 5.12. The first-order chi connectivity index (χ1) is 12.7. The van der Waals surface area contributed by atoms with E-state index in [1.807, 2.05) is 12.3 Å². The fourth-order valence-electron chi connectivity index (χ4n) is 3.73. The van der Waals surface area contributed by atoms with Crippen molar-refractivity contribution >= 4 is 0 Å². The van der Waals surface area contributed by atoms with Gasteiger partial charge in [0.1, 0.15) is 12.4 Å². The molecule has 2 atom stereocenters. The van der Waals surface area contributed by atoms with E-state index >= 15 is 0 Å². The van der Waals surface area contributed by atoms with Crippen LogP contribution in [0.4, 0.5) is 0 Å². The predicted molar refractivity (Wildman–Crippen MR) is 98.0 cm³/mol. The number of benzene rings is 1. The van der Waals surface area contributed by atoms with Gasteiger partial charge in [0.2, 0.25) is 0 Å². The topological polar surface area (TPSA) is 55.6 Å². The average molecular weight is 357 g/mol. The van der Waals surface area contributed by atoms with Gasteiger partial charge in [-0.2, -0.15) is 0 Å². The van der Waals surface area contributed by atoms with Crippen LogP contribution in [0.15, 0.2) is 30.5 Å². The number of fused-ring (bicyclic) bond motifs is 3. The number of aromatic nitrogens is 3. The molecular formula is C19H27N5O2. The van der Waals surface area contributed by atoms with E-state index in [0.29, 0.717) is 13.2 Å². The maximum atomic E-state index is 6.00. The van der Waals surface area contributed by atoms with Crippen LogP contribution in [0.3, 0.4) is 0 Å². The smallest absolute Gasteiger partial charge is 0.119 e. The lowest BCUT2D eigenvalue weighted by molar-refractivity contribution is -0.0669. The molecule has 1 saturated heterocycles. The number of piperidine rings is 1. The van der Waals surface area contributed by atoms with Gasteiger partial charge in [-0.05, 0) is 38.2 Å². The van der Waals surface area contributed by atoms with Gasteiger partial charge in [0.15, 0.2) is 0 Å². The van der Waals surface area contributed by atoms with Gasteiger partial charge in [-0.3, -0.25) is 4.90 Å². The number of hydrogen-bond acceptors (Lipinski definition) is 6. The summed E-state index contributed by atoms with van der Waals surface area (Å²) in [6, 6.07) is 8.69. The molecule has 3 heterocycles. The van der Waals surface area contributed by atoms with Crippen LogP contribution >= 0.6 is 0 Å². The molecule has 1 fully saturated rings. The standard InChI is InChI=1S/C19H27N5O2/c1-22(2)8-9-25-17-5-3-4-15(10-17)12-23-7-6-19-18(13-23)24-16(14-26-19)11-20-21-24/h3-5,10-11,18-19H,6-9,12-14H2,1-2H3/t18-,19+/m0/s1. The van der Waals surface area contributed by atoms with Gasteiger partial charge < -0.3 is 14.4 Å². The molecule has 1 aromatic heterocycles. The van der Waals surface area contributed by atoms with Crippen molar-refractivity contribution in [1.82, 2.24) is 24.8 Å². The Morgan fingerprint density at radius 3 is 3.15 bits per heavy atom. The number of hydrogen-bond donors (Lipinski definition) is 0. The third-order valence-electron chi connectivity index (χ3n) is 5.12. The second-order valence-corrected chi connectivity index (χ2v) is 7.41. The summed E-state index contributed by atoms with van der Waals surface area (Å²) >= 11 is 0. The molecule has 0 bridgehead atoms. The first-order valence-corrected chi connectivity index (χ1v) is 9.28. The Bertz CT molecular complexity index is 732. The fraction of sp³-hybridized carbons (Fsp3) is 0.579. The fourth-order valence-corrected chi connectivity index (χ4v) is 3.73. The molecule has 4 rings (SSSR count). The van der Waals surface area contributed by atoms with Crippen molar-refractivity contribution in [2.75, 3.05) is 40.3 Å². The second kappa shape index (κ2) is 7.73. The van der Waals surface area contributed by atoms with Crippen molar-refractivity contribution in [3.8, 4) is 5.75 Å². The second-order valence-electron chi connectivity index (χ2n) is 7.41. The monoisotopic (exact) mass is 357 g/mol. The molecule has 26 heavy (non-hydrogen) atoms.